The SMILES string of the molecule is CCOC(=O)c1ccc(C(=O)c2cccc(Cl)c2)cc1N. The lowest BCUT2D eigenvalue weighted by atomic mass is 10.0. The molecule has 2 rings (SSSR count). The molecule has 0 spiro atoms. The van der Waals surface area contributed by atoms with E-state index in [2.05, 4.69) is 0 Å². The molecule has 0 saturated heterocycles. The Morgan fingerprint density at radius 2 is 1.86 bits per heavy atom. The molecule has 2 aromatic rings. The van der Waals surface area contributed by atoms with Gasteiger partial charge >= 0.3 is 5.97 Å². The fourth-order valence-corrected chi connectivity index (χ4v) is 2.09. The molecule has 0 atom stereocenters. The average Bonchev–Trinajstić information content (AvgIpc) is 2.46. The number of carbonyl (C=O) groups is 2. The fourth-order valence-electron chi connectivity index (χ4n) is 1.90. The van der Waals surface area contributed by atoms with E-state index < -0.39 is 5.97 Å². The van der Waals surface area contributed by atoms with Crippen LogP contribution in [0.25, 0.3) is 0 Å². The van der Waals surface area contributed by atoms with Gasteiger partial charge in [-0.3, -0.25) is 4.79 Å². The van der Waals surface area contributed by atoms with Crippen molar-refractivity contribution in [3.05, 3.63) is 64.2 Å². The molecule has 0 bridgehead atoms. The van der Waals surface area contributed by atoms with Crippen molar-refractivity contribution in [2.24, 2.45) is 0 Å². The van der Waals surface area contributed by atoms with Crippen molar-refractivity contribution >= 4 is 29.0 Å². The zero-order chi connectivity index (χ0) is 15.4. The second kappa shape index (κ2) is 6.41. The number of nitrogens with two attached hydrogens (primary N) is 1. The molecule has 5 heteroatoms. The minimum Gasteiger partial charge on any atom is -0.462 e. The molecule has 0 radical (unpaired) electrons. The number of rotatable bonds is 4. The van der Waals surface area contributed by atoms with Crippen LogP contribution in [0.15, 0.2) is 42.5 Å². The maximum Gasteiger partial charge on any atom is 0.340 e. The van der Waals surface area contributed by atoms with Crippen LogP contribution in [0.3, 0.4) is 0 Å². The smallest absolute Gasteiger partial charge is 0.340 e. The third-order valence-electron chi connectivity index (χ3n) is 2.90. The molecule has 0 unspecified atom stereocenters. The van der Waals surface area contributed by atoms with Crippen LogP contribution in [0.5, 0.6) is 0 Å². The summed E-state index contributed by atoms with van der Waals surface area (Å²) in [6.07, 6.45) is 0. The monoisotopic (exact) mass is 303 g/mol. The van der Waals surface area contributed by atoms with Crippen molar-refractivity contribution in [1.29, 1.82) is 0 Å². The number of hydrogen-bond acceptors (Lipinski definition) is 4. The van der Waals surface area contributed by atoms with Crippen LogP contribution in [-0.2, 0) is 4.74 Å². The van der Waals surface area contributed by atoms with E-state index >= 15 is 0 Å². The zero-order valence-corrected chi connectivity index (χ0v) is 12.2. The van der Waals surface area contributed by atoms with Crippen LogP contribution in [0.2, 0.25) is 5.02 Å². The number of ether oxygens (including phenoxy) is 1. The van der Waals surface area contributed by atoms with E-state index in [-0.39, 0.29) is 23.6 Å². The van der Waals surface area contributed by atoms with Gasteiger partial charge in [-0.1, -0.05) is 29.8 Å². The van der Waals surface area contributed by atoms with E-state index in [4.69, 9.17) is 22.1 Å². The topological polar surface area (TPSA) is 69.4 Å². The van der Waals surface area contributed by atoms with Gasteiger partial charge in [-0.15, -0.1) is 0 Å². The number of halogens is 1. The molecule has 2 N–H and O–H groups in total. The van der Waals surface area contributed by atoms with E-state index in [9.17, 15) is 9.59 Å². The van der Waals surface area contributed by atoms with E-state index in [1.165, 1.54) is 12.1 Å². The van der Waals surface area contributed by atoms with Crippen LogP contribution in [-0.4, -0.2) is 18.4 Å². The van der Waals surface area contributed by atoms with Crippen molar-refractivity contribution in [1.82, 2.24) is 0 Å². The van der Waals surface area contributed by atoms with Gasteiger partial charge in [0.15, 0.2) is 5.78 Å². The summed E-state index contributed by atoms with van der Waals surface area (Å²) < 4.78 is 4.89. The molecule has 0 aliphatic rings. The predicted molar refractivity (Wildman–Crippen MR) is 81.7 cm³/mol. The lowest BCUT2D eigenvalue weighted by molar-refractivity contribution is 0.0527. The second-order valence-electron chi connectivity index (χ2n) is 4.36. The summed E-state index contributed by atoms with van der Waals surface area (Å²) in [6.45, 7) is 1.98. The summed E-state index contributed by atoms with van der Waals surface area (Å²) >= 11 is 5.87. The van der Waals surface area contributed by atoms with E-state index in [1.807, 2.05) is 0 Å². The van der Waals surface area contributed by atoms with Gasteiger partial charge in [0, 0.05) is 21.8 Å². The second-order valence-corrected chi connectivity index (χ2v) is 4.80. The summed E-state index contributed by atoms with van der Waals surface area (Å²) in [5.41, 5.74) is 7.13. The van der Waals surface area contributed by atoms with Gasteiger partial charge in [-0.05, 0) is 31.2 Å². The lowest BCUT2D eigenvalue weighted by Gasteiger charge is -2.07. The van der Waals surface area contributed by atoms with Gasteiger partial charge in [-0.25, -0.2) is 4.79 Å². The zero-order valence-electron chi connectivity index (χ0n) is 11.4. The molecule has 108 valence electrons. The summed E-state index contributed by atoms with van der Waals surface area (Å²) in [5.74, 6) is -0.712. The van der Waals surface area contributed by atoms with Crippen LogP contribution >= 0.6 is 11.6 Å². The number of carbonyl (C=O) groups excluding carboxylic acids is 2. The molecule has 0 aromatic heterocycles. The summed E-state index contributed by atoms with van der Waals surface area (Å²) in [7, 11) is 0. The van der Waals surface area contributed by atoms with Gasteiger partial charge in [0.1, 0.15) is 0 Å². The largest absolute Gasteiger partial charge is 0.462 e. The van der Waals surface area contributed by atoms with Gasteiger partial charge < -0.3 is 10.5 Å². The van der Waals surface area contributed by atoms with Crippen molar-refractivity contribution in [2.75, 3.05) is 12.3 Å². The molecule has 4 nitrogen and oxygen atoms in total. The number of hydrogen-bond donors (Lipinski definition) is 1. The minimum atomic E-state index is -0.503. The van der Waals surface area contributed by atoms with Crippen molar-refractivity contribution in [3.8, 4) is 0 Å². The van der Waals surface area contributed by atoms with Crippen LogP contribution in [0.4, 0.5) is 5.69 Å². The van der Waals surface area contributed by atoms with Crippen molar-refractivity contribution in [3.63, 3.8) is 0 Å². The Labute approximate surface area is 127 Å². The van der Waals surface area contributed by atoms with Crippen LogP contribution < -0.4 is 5.73 Å². The lowest BCUT2D eigenvalue weighted by Crippen LogP contribution is -2.10. The first-order valence-electron chi connectivity index (χ1n) is 6.40. The summed E-state index contributed by atoms with van der Waals surface area (Å²) in [6, 6.07) is 11.2. The van der Waals surface area contributed by atoms with E-state index in [0.29, 0.717) is 16.1 Å². The Hall–Kier alpha value is -2.33. The quantitative estimate of drug-likeness (QED) is 0.534. The predicted octanol–water partition coefficient (Wildman–Crippen LogP) is 3.33. The van der Waals surface area contributed by atoms with Crippen molar-refractivity contribution in [2.45, 2.75) is 6.92 Å². The first-order chi connectivity index (χ1) is 10.0. The highest BCUT2D eigenvalue weighted by Gasteiger charge is 2.15. The Morgan fingerprint density at radius 1 is 1.14 bits per heavy atom. The number of nitrogen functional groups attached to an aromatic ring is 1. The Bertz CT molecular complexity index is 698. The Kier molecular flexibility index (Phi) is 4.60. The number of anilines is 1. The van der Waals surface area contributed by atoms with Gasteiger partial charge in [0.2, 0.25) is 0 Å². The molecular weight excluding hydrogens is 290 g/mol. The Morgan fingerprint density at radius 3 is 2.48 bits per heavy atom. The molecule has 0 aliphatic heterocycles. The standard InChI is InChI=1S/C16H14ClNO3/c1-2-21-16(20)13-7-6-11(9-14(13)18)15(19)10-4-3-5-12(17)8-10/h3-9H,2,18H2,1H3. The third kappa shape index (κ3) is 3.41. The Balaban J connectivity index is 2.32. The van der Waals surface area contributed by atoms with E-state index in [1.54, 1.807) is 37.3 Å². The molecule has 0 fully saturated rings. The highest BCUT2D eigenvalue weighted by molar-refractivity contribution is 6.31. The number of ketones is 1. The number of esters is 1. The van der Waals surface area contributed by atoms with Gasteiger partial charge in [-0.2, -0.15) is 0 Å². The third-order valence-corrected chi connectivity index (χ3v) is 3.13. The van der Waals surface area contributed by atoms with Gasteiger partial charge in [0.25, 0.3) is 0 Å². The molecule has 0 heterocycles. The fraction of sp³-hybridized carbons (Fsp3) is 0.125. The van der Waals surface area contributed by atoms with E-state index in [0.717, 1.165) is 0 Å². The minimum absolute atomic E-state index is 0.209. The average molecular weight is 304 g/mol. The molecule has 0 aliphatic carbocycles. The molecule has 21 heavy (non-hydrogen) atoms. The molecular formula is C16H14ClNO3. The van der Waals surface area contributed by atoms with Gasteiger partial charge in [0.05, 0.1) is 12.2 Å². The summed E-state index contributed by atoms with van der Waals surface area (Å²) in [5, 5.41) is 0.483. The summed E-state index contributed by atoms with van der Waals surface area (Å²) in [4.78, 5) is 24.0. The first-order valence-corrected chi connectivity index (χ1v) is 6.77. The highest BCUT2D eigenvalue weighted by Crippen LogP contribution is 2.20. The maximum atomic E-state index is 12.3. The normalized spacial score (nSPS) is 10.2. The van der Waals surface area contributed by atoms with Crippen LogP contribution in [0, 0.1) is 0 Å². The number of benzene rings is 2. The molecule has 0 amide bonds. The maximum absolute atomic E-state index is 12.3. The van der Waals surface area contributed by atoms with Crippen LogP contribution in [0.1, 0.15) is 33.2 Å². The molecule has 2 aromatic carbocycles. The van der Waals surface area contributed by atoms with Crippen molar-refractivity contribution < 1.29 is 14.3 Å². The molecule has 0 saturated carbocycles. The highest BCUT2D eigenvalue weighted by atomic mass is 35.5. The first kappa shape index (κ1) is 15.1.